The minimum Gasteiger partial charge on any atom is -0.264 e. The average molecular weight is 310 g/mol. The summed E-state index contributed by atoms with van der Waals surface area (Å²) >= 11 is 0. The van der Waals surface area contributed by atoms with E-state index in [1.165, 1.54) is 6.21 Å². The van der Waals surface area contributed by atoms with Crippen molar-refractivity contribution in [2.45, 2.75) is 11.8 Å². The fourth-order valence-corrected chi connectivity index (χ4v) is 3.01. The van der Waals surface area contributed by atoms with Crippen molar-refractivity contribution in [3.63, 3.8) is 0 Å². The number of hydrogen-bond donors (Lipinski definition) is 0. The number of benzene rings is 2. The summed E-state index contributed by atoms with van der Waals surface area (Å²) in [5, 5.41) is 1.86. The largest absolute Gasteiger partial charge is 0.282 e. The first kappa shape index (κ1) is 14.4. The number of sulfonamides is 1. The molecule has 0 aliphatic carbocycles. The Kier molecular flexibility index (Phi) is 3.73. The zero-order valence-electron chi connectivity index (χ0n) is 12.0. The van der Waals surface area contributed by atoms with E-state index in [2.05, 4.69) is 9.38 Å². The van der Waals surface area contributed by atoms with Gasteiger partial charge in [-0.25, -0.2) is 0 Å². The first-order chi connectivity index (χ1) is 10.6. The Morgan fingerprint density at radius 1 is 1.05 bits per heavy atom. The number of aryl methyl sites for hydroxylation is 1. The predicted molar refractivity (Wildman–Crippen MR) is 87.7 cm³/mol. The van der Waals surface area contributed by atoms with Crippen LogP contribution in [-0.2, 0) is 10.0 Å². The predicted octanol–water partition coefficient (Wildman–Crippen LogP) is 3.35. The van der Waals surface area contributed by atoms with Crippen LogP contribution in [0.15, 0.2) is 70.2 Å². The summed E-state index contributed by atoms with van der Waals surface area (Å²) in [4.78, 5) is 4.25. The van der Waals surface area contributed by atoms with Crippen molar-refractivity contribution in [1.82, 2.24) is 4.98 Å². The molecule has 22 heavy (non-hydrogen) atoms. The van der Waals surface area contributed by atoms with E-state index in [9.17, 15) is 8.42 Å². The molecule has 0 fully saturated rings. The highest BCUT2D eigenvalue weighted by Crippen LogP contribution is 2.17. The summed E-state index contributed by atoms with van der Waals surface area (Å²) in [6, 6.07) is 14.1. The van der Waals surface area contributed by atoms with Gasteiger partial charge in [-0.3, -0.25) is 4.98 Å². The van der Waals surface area contributed by atoms with E-state index in [1.54, 1.807) is 36.7 Å². The molecule has 0 saturated heterocycles. The van der Waals surface area contributed by atoms with E-state index < -0.39 is 10.0 Å². The second-order valence-electron chi connectivity index (χ2n) is 4.97. The van der Waals surface area contributed by atoms with Crippen molar-refractivity contribution in [1.29, 1.82) is 0 Å². The quantitative estimate of drug-likeness (QED) is 0.697. The van der Waals surface area contributed by atoms with Gasteiger partial charge in [0.1, 0.15) is 0 Å². The van der Waals surface area contributed by atoms with Gasteiger partial charge in [0.25, 0.3) is 10.0 Å². The van der Waals surface area contributed by atoms with Gasteiger partial charge in [0, 0.05) is 29.6 Å². The molecule has 2 aromatic carbocycles. The molecule has 0 aliphatic rings. The highest BCUT2D eigenvalue weighted by atomic mass is 32.2. The number of nitrogens with zero attached hydrogens (tertiary/aromatic N) is 2. The normalized spacial score (nSPS) is 12.0. The maximum absolute atomic E-state index is 12.2. The van der Waals surface area contributed by atoms with Crippen LogP contribution in [0.4, 0.5) is 0 Å². The Hall–Kier alpha value is -2.53. The number of aromatic nitrogens is 1. The van der Waals surface area contributed by atoms with E-state index in [0.717, 1.165) is 21.9 Å². The van der Waals surface area contributed by atoms with Crippen LogP contribution >= 0.6 is 0 Å². The molecule has 3 rings (SSSR count). The zero-order valence-corrected chi connectivity index (χ0v) is 12.8. The molecule has 0 N–H and O–H groups in total. The first-order valence-corrected chi connectivity index (χ1v) is 8.20. The Bertz CT molecular complexity index is 941. The Morgan fingerprint density at radius 2 is 1.82 bits per heavy atom. The van der Waals surface area contributed by atoms with Gasteiger partial charge in [-0.05, 0) is 30.5 Å². The fourth-order valence-electron chi connectivity index (χ4n) is 2.16. The van der Waals surface area contributed by atoms with Crippen molar-refractivity contribution in [3.8, 4) is 0 Å². The third-order valence-corrected chi connectivity index (χ3v) is 4.61. The van der Waals surface area contributed by atoms with Gasteiger partial charge in [0.15, 0.2) is 0 Å². The molecular weight excluding hydrogens is 296 g/mol. The lowest BCUT2D eigenvalue weighted by atomic mass is 10.1. The van der Waals surface area contributed by atoms with Crippen LogP contribution in [0.3, 0.4) is 0 Å². The molecule has 4 nitrogen and oxygen atoms in total. The van der Waals surface area contributed by atoms with Crippen LogP contribution in [0.2, 0.25) is 0 Å². The zero-order chi connectivity index (χ0) is 15.6. The summed E-state index contributed by atoms with van der Waals surface area (Å²) in [7, 11) is -3.69. The van der Waals surface area contributed by atoms with E-state index in [4.69, 9.17) is 0 Å². The highest BCUT2D eigenvalue weighted by molar-refractivity contribution is 7.90. The molecule has 5 heteroatoms. The molecule has 0 spiro atoms. The Morgan fingerprint density at radius 3 is 2.59 bits per heavy atom. The summed E-state index contributed by atoms with van der Waals surface area (Å²) in [5.74, 6) is 0. The molecule has 110 valence electrons. The standard InChI is InChI=1S/C17H14N2O2S/c1-13-5-7-16(8-6-13)22(20,21)19-12-15-4-2-3-14-11-18-10-9-17(14)15/h2-12H,1H3/b19-12+. The summed E-state index contributed by atoms with van der Waals surface area (Å²) < 4.78 is 28.3. The van der Waals surface area contributed by atoms with Gasteiger partial charge in [0.05, 0.1) is 4.90 Å². The minimum atomic E-state index is -3.69. The molecule has 3 aromatic rings. The minimum absolute atomic E-state index is 0.191. The van der Waals surface area contributed by atoms with Gasteiger partial charge in [-0.2, -0.15) is 12.8 Å². The topological polar surface area (TPSA) is 59.4 Å². The van der Waals surface area contributed by atoms with E-state index in [1.807, 2.05) is 31.2 Å². The monoisotopic (exact) mass is 310 g/mol. The second kappa shape index (κ2) is 5.69. The van der Waals surface area contributed by atoms with Gasteiger partial charge in [-0.1, -0.05) is 35.9 Å². The molecule has 0 aliphatic heterocycles. The van der Waals surface area contributed by atoms with Crippen molar-refractivity contribution >= 4 is 27.0 Å². The van der Waals surface area contributed by atoms with Gasteiger partial charge >= 0.3 is 0 Å². The summed E-state index contributed by atoms with van der Waals surface area (Å²) in [5.41, 5.74) is 1.75. The van der Waals surface area contributed by atoms with Crippen molar-refractivity contribution in [2.24, 2.45) is 4.40 Å². The van der Waals surface area contributed by atoms with Crippen LogP contribution in [-0.4, -0.2) is 19.6 Å². The Labute approximate surface area is 129 Å². The number of pyridine rings is 1. The fraction of sp³-hybridized carbons (Fsp3) is 0.0588. The average Bonchev–Trinajstić information content (AvgIpc) is 2.53. The third-order valence-electron chi connectivity index (χ3n) is 3.36. The van der Waals surface area contributed by atoms with Crippen LogP contribution < -0.4 is 0 Å². The first-order valence-electron chi connectivity index (χ1n) is 6.76. The van der Waals surface area contributed by atoms with E-state index in [-0.39, 0.29) is 4.90 Å². The van der Waals surface area contributed by atoms with Crippen LogP contribution in [0.5, 0.6) is 0 Å². The maximum atomic E-state index is 12.2. The van der Waals surface area contributed by atoms with Crippen molar-refractivity contribution in [3.05, 3.63) is 72.1 Å². The summed E-state index contributed by atoms with van der Waals surface area (Å²) in [6.45, 7) is 1.91. The van der Waals surface area contributed by atoms with E-state index >= 15 is 0 Å². The lowest BCUT2D eigenvalue weighted by Crippen LogP contribution is -1.98. The third kappa shape index (κ3) is 2.89. The molecule has 0 saturated carbocycles. The van der Waals surface area contributed by atoms with Crippen LogP contribution in [0.1, 0.15) is 11.1 Å². The molecule has 0 bridgehead atoms. The van der Waals surface area contributed by atoms with Crippen LogP contribution in [0, 0.1) is 6.92 Å². The molecule has 1 heterocycles. The van der Waals surface area contributed by atoms with Crippen molar-refractivity contribution in [2.75, 3.05) is 0 Å². The number of rotatable bonds is 3. The van der Waals surface area contributed by atoms with Crippen LogP contribution in [0.25, 0.3) is 10.8 Å². The second-order valence-corrected chi connectivity index (χ2v) is 6.60. The highest BCUT2D eigenvalue weighted by Gasteiger charge is 2.11. The van der Waals surface area contributed by atoms with Gasteiger partial charge < -0.3 is 0 Å². The van der Waals surface area contributed by atoms with Gasteiger partial charge in [-0.15, -0.1) is 0 Å². The van der Waals surface area contributed by atoms with Gasteiger partial charge in [0.2, 0.25) is 0 Å². The van der Waals surface area contributed by atoms with E-state index in [0.29, 0.717) is 0 Å². The number of fused-ring (bicyclic) bond motifs is 1. The molecular formula is C17H14N2O2S. The lowest BCUT2D eigenvalue weighted by molar-refractivity contribution is 0.598. The molecule has 0 unspecified atom stereocenters. The smallest absolute Gasteiger partial charge is 0.264 e. The Balaban J connectivity index is 2.00. The maximum Gasteiger partial charge on any atom is 0.282 e. The SMILES string of the molecule is Cc1ccc(S(=O)(=O)/N=C/c2cccc3cnccc23)cc1. The van der Waals surface area contributed by atoms with Crippen molar-refractivity contribution < 1.29 is 8.42 Å². The number of hydrogen-bond acceptors (Lipinski definition) is 3. The molecule has 0 radical (unpaired) electrons. The molecule has 0 atom stereocenters. The molecule has 1 aromatic heterocycles. The lowest BCUT2D eigenvalue weighted by Gasteiger charge is -2.02. The molecule has 0 amide bonds. The summed E-state index contributed by atoms with van der Waals surface area (Å²) in [6.07, 6.45) is 4.80.